The molecule has 310 valence electrons. The Hall–Kier alpha value is -8.52. The second-order valence-corrected chi connectivity index (χ2v) is 16.6. The maximum absolute atomic E-state index is 10.0. The molecule has 0 unspecified atom stereocenters. The van der Waals surface area contributed by atoms with Crippen LogP contribution in [-0.2, 0) is 5.41 Å². The summed E-state index contributed by atoms with van der Waals surface area (Å²) in [6.45, 7) is 0. The van der Waals surface area contributed by atoms with E-state index in [0.29, 0.717) is 22.4 Å². The summed E-state index contributed by atoms with van der Waals surface area (Å²) in [7, 11) is 0. The van der Waals surface area contributed by atoms with Crippen LogP contribution in [0.5, 0.6) is 0 Å². The van der Waals surface area contributed by atoms with Gasteiger partial charge in [-0.05, 0) is 125 Å². The first-order chi connectivity index (χ1) is 36.1. The third-order valence-corrected chi connectivity index (χ3v) is 12.9. The monoisotopic (exact) mass is 847 g/mol. The van der Waals surface area contributed by atoms with Crippen molar-refractivity contribution in [2.45, 2.75) is 5.41 Å². The molecule has 0 atom stereocenters. The summed E-state index contributed by atoms with van der Waals surface area (Å²) in [6, 6.07) is 70.4. The largest absolute Gasteiger partial charge is 0.310 e. The zero-order valence-corrected chi connectivity index (χ0v) is 35.8. The Bertz CT molecular complexity index is 3890. The SMILES string of the molecule is [2H]c1c([2H])c(N(c2cccc3c2-c2ccccc2C3(c2ccccc2)c2ccccc2)c2c([2H])c([2H])c(-c3cccc(-c4ccc5ccccc5c4)c3)c([2H])c2[2H])c([2H])c([2H])c1-c1ccc(-c2ccccc2)cc1. The molecule has 0 saturated carbocycles. The van der Waals surface area contributed by atoms with Crippen LogP contribution in [-0.4, -0.2) is 0 Å². The standard InChI is InChI=1S/C65H45N/c1-4-16-46(17-5-1)48-30-32-49(33-31-48)50-36-40-58(41-37-50)66(59-42-38-51(39-43-59)53-20-14-21-54(44-53)55-35-34-47-18-10-11-19-52(47)45-55)63-29-15-28-62-64(63)60-26-12-13-27-61(60)65(62,56-22-6-2-7-23-56)57-24-8-3-9-25-57/h1-45H/i36D,37D,38D,39D,40D,41D,42D,43D. The van der Waals surface area contributed by atoms with Gasteiger partial charge < -0.3 is 4.90 Å². The zero-order chi connectivity index (χ0) is 50.8. The predicted molar refractivity (Wildman–Crippen MR) is 278 cm³/mol. The highest BCUT2D eigenvalue weighted by molar-refractivity contribution is 5.98. The molecular weight excluding hydrogens is 795 g/mol. The first-order valence-electron chi connectivity index (χ1n) is 26.2. The van der Waals surface area contributed by atoms with E-state index in [2.05, 4.69) is 60.7 Å². The molecule has 0 N–H and O–H groups in total. The van der Waals surface area contributed by atoms with Crippen LogP contribution in [0, 0.1) is 0 Å². The maximum atomic E-state index is 10.0. The highest BCUT2D eigenvalue weighted by atomic mass is 15.1. The minimum atomic E-state index is -0.880. The number of hydrogen-bond acceptors (Lipinski definition) is 1. The highest BCUT2D eigenvalue weighted by Gasteiger charge is 2.47. The van der Waals surface area contributed by atoms with Gasteiger partial charge in [-0.1, -0.05) is 230 Å². The van der Waals surface area contributed by atoms with Crippen molar-refractivity contribution in [3.8, 4) is 55.6 Å². The quantitative estimate of drug-likeness (QED) is 0.140. The smallest absolute Gasteiger partial charge is 0.0714 e. The Morgan fingerprint density at radius 2 is 0.742 bits per heavy atom. The van der Waals surface area contributed by atoms with E-state index in [1.54, 1.807) is 18.2 Å². The van der Waals surface area contributed by atoms with Gasteiger partial charge in [0, 0.05) is 16.9 Å². The highest BCUT2D eigenvalue weighted by Crippen LogP contribution is 2.59. The number of benzene rings is 11. The molecule has 1 heteroatoms. The van der Waals surface area contributed by atoms with E-state index in [9.17, 15) is 11.0 Å². The predicted octanol–water partition coefficient (Wildman–Crippen LogP) is 17.3. The van der Waals surface area contributed by atoms with E-state index in [1.165, 1.54) is 4.90 Å². The van der Waals surface area contributed by atoms with Crippen LogP contribution in [0.1, 0.15) is 33.2 Å². The fourth-order valence-corrected chi connectivity index (χ4v) is 9.82. The summed E-state index contributed by atoms with van der Waals surface area (Å²) in [5.74, 6) is 0. The molecule has 0 aliphatic heterocycles. The summed E-state index contributed by atoms with van der Waals surface area (Å²) < 4.78 is 78.9. The third kappa shape index (κ3) is 6.73. The maximum Gasteiger partial charge on any atom is 0.0714 e. The van der Waals surface area contributed by atoms with Crippen LogP contribution in [0.4, 0.5) is 17.1 Å². The van der Waals surface area contributed by atoms with E-state index in [-0.39, 0.29) is 46.7 Å². The fraction of sp³-hybridized carbons (Fsp3) is 0.0154. The van der Waals surface area contributed by atoms with Crippen molar-refractivity contribution in [2.75, 3.05) is 4.90 Å². The van der Waals surface area contributed by atoms with Gasteiger partial charge in [0.05, 0.1) is 22.1 Å². The minimum absolute atomic E-state index is 0.0935. The molecule has 11 aromatic carbocycles. The summed E-state index contributed by atoms with van der Waals surface area (Å²) in [5, 5.41) is 2.16. The number of fused-ring (bicyclic) bond motifs is 4. The van der Waals surface area contributed by atoms with Crippen LogP contribution in [0.15, 0.2) is 273 Å². The van der Waals surface area contributed by atoms with Crippen LogP contribution >= 0.6 is 0 Å². The van der Waals surface area contributed by atoms with Gasteiger partial charge in [-0.15, -0.1) is 0 Å². The van der Waals surface area contributed by atoms with Crippen molar-refractivity contribution in [3.05, 3.63) is 295 Å². The molecule has 0 heterocycles. The summed E-state index contributed by atoms with van der Waals surface area (Å²) in [6.07, 6.45) is 0. The number of nitrogens with zero attached hydrogens (tertiary/aromatic N) is 1. The third-order valence-electron chi connectivity index (χ3n) is 12.9. The van der Waals surface area contributed by atoms with Crippen molar-refractivity contribution in [1.82, 2.24) is 0 Å². The number of anilines is 3. The molecule has 11 aromatic rings. The molecule has 0 spiro atoms. The van der Waals surface area contributed by atoms with E-state index >= 15 is 0 Å². The molecule has 0 radical (unpaired) electrons. The van der Waals surface area contributed by atoms with E-state index in [1.807, 2.05) is 146 Å². The fourth-order valence-electron chi connectivity index (χ4n) is 9.82. The van der Waals surface area contributed by atoms with Gasteiger partial charge in [0.25, 0.3) is 0 Å². The van der Waals surface area contributed by atoms with Crippen molar-refractivity contribution >= 4 is 27.8 Å². The van der Waals surface area contributed by atoms with Crippen LogP contribution in [0.2, 0.25) is 0 Å². The van der Waals surface area contributed by atoms with Crippen LogP contribution in [0.3, 0.4) is 0 Å². The van der Waals surface area contributed by atoms with Crippen LogP contribution in [0.25, 0.3) is 66.4 Å². The van der Waals surface area contributed by atoms with E-state index in [4.69, 9.17) is 0 Å². The van der Waals surface area contributed by atoms with Gasteiger partial charge in [-0.25, -0.2) is 0 Å². The van der Waals surface area contributed by atoms with Gasteiger partial charge in [0.1, 0.15) is 0 Å². The lowest BCUT2D eigenvalue weighted by molar-refractivity contribution is 0.768. The van der Waals surface area contributed by atoms with E-state index < -0.39 is 29.6 Å². The van der Waals surface area contributed by atoms with Gasteiger partial charge in [-0.3, -0.25) is 0 Å². The number of hydrogen-bond donors (Lipinski definition) is 0. The molecule has 0 saturated heterocycles. The van der Waals surface area contributed by atoms with Gasteiger partial charge >= 0.3 is 0 Å². The zero-order valence-electron chi connectivity index (χ0n) is 43.8. The molecule has 0 bridgehead atoms. The molecule has 66 heavy (non-hydrogen) atoms. The Balaban J connectivity index is 1.12. The molecule has 1 nitrogen and oxygen atoms in total. The number of rotatable bonds is 9. The first-order valence-corrected chi connectivity index (χ1v) is 22.2. The lowest BCUT2D eigenvalue weighted by atomic mass is 9.68. The molecule has 0 amide bonds. The second-order valence-electron chi connectivity index (χ2n) is 16.6. The van der Waals surface area contributed by atoms with Gasteiger partial charge in [0.15, 0.2) is 0 Å². The Kier molecular flexibility index (Phi) is 7.86. The van der Waals surface area contributed by atoms with Crippen molar-refractivity contribution < 1.29 is 11.0 Å². The summed E-state index contributed by atoms with van der Waals surface area (Å²) >= 11 is 0. The molecule has 12 rings (SSSR count). The van der Waals surface area contributed by atoms with E-state index in [0.717, 1.165) is 60.8 Å². The Morgan fingerprint density at radius 3 is 1.39 bits per heavy atom. The molecule has 0 fully saturated rings. The molecule has 0 aromatic heterocycles. The Morgan fingerprint density at radius 1 is 0.303 bits per heavy atom. The lowest BCUT2D eigenvalue weighted by Crippen LogP contribution is -2.28. The van der Waals surface area contributed by atoms with Crippen molar-refractivity contribution in [3.63, 3.8) is 0 Å². The minimum Gasteiger partial charge on any atom is -0.310 e. The van der Waals surface area contributed by atoms with Gasteiger partial charge in [-0.2, -0.15) is 0 Å². The topological polar surface area (TPSA) is 3.24 Å². The van der Waals surface area contributed by atoms with Crippen molar-refractivity contribution in [1.29, 1.82) is 0 Å². The lowest BCUT2D eigenvalue weighted by Gasteiger charge is -2.34. The van der Waals surface area contributed by atoms with Crippen molar-refractivity contribution in [2.24, 2.45) is 0 Å². The average Bonchev–Trinajstić information content (AvgIpc) is 3.77. The second kappa shape index (κ2) is 16.6. The average molecular weight is 848 g/mol. The molecule has 1 aliphatic rings. The Labute approximate surface area is 398 Å². The normalized spacial score (nSPS) is 14.1. The van der Waals surface area contributed by atoms with Gasteiger partial charge in [0.2, 0.25) is 0 Å². The summed E-state index contributed by atoms with van der Waals surface area (Å²) in [4.78, 5) is 1.46. The summed E-state index contributed by atoms with van der Waals surface area (Å²) in [5.41, 5.74) is 9.28. The van der Waals surface area contributed by atoms with Crippen LogP contribution < -0.4 is 4.90 Å². The molecule has 1 aliphatic carbocycles. The first kappa shape index (κ1) is 31.3. The molecular formula is C65H45N.